The van der Waals surface area contributed by atoms with E-state index in [2.05, 4.69) is 33.0 Å². The molecule has 0 saturated carbocycles. The quantitative estimate of drug-likeness (QED) is 0.650. The van der Waals surface area contributed by atoms with E-state index in [0.717, 1.165) is 6.42 Å². The van der Waals surface area contributed by atoms with Crippen LogP contribution in [-0.2, 0) is 0 Å². The Morgan fingerprint density at radius 1 is 1.07 bits per heavy atom. The monoisotopic (exact) mass is 204 g/mol. The van der Waals surface area contributed by atoms with Gasteiger partial charge in [-0.1, -0.05) is 34.6 Å². The van der Waals surface area contributed by atoms with E-state index in [4.69, 9.17) is 10.8 Å². The van der Waals surface area contributed by atoms with Crippen molar-refractivity contribution in [1.82, 2.24) is 5.32 Å². The molecule has 0 aromatic heterocycles. The van der Waals surface area contributed by atoms with E-state index < -0.39 is 0 Å². The lowest BCUT2D eigenvalue weighted by molar-refractivity contribution is 0.147. The molecule has 14 heavy (non-hydrogen) atoms. The van der Waals surface area contributed by atoms with Crippen LogP contribution >= 0.6 is 0 Å². The Morgan fingerprint density at radius 2 is 1.43 bits per heavy atom. The molecule has 4 N–H and O–H groups in total. The molecule has 2 unspecified atom stereocenters. The fourth-order valence-corrected chi connectivity index (χ4v) is 1.04. The minimum atomic E-state index is -0.319. The fraction of sp³-hybridized carbons (Fsp3) is 1.00. The van der Waals surface area contributed by atoms with Crippen molar-refractivity contribution in [3.05, 3.63) is 0 Å². The van der Waals surface area contributed by atoms with Gasteiger partial charge >= 0.3 is 0 Å². The van der Waals surface area contributed by atoms with Gasteiger partial charge in [-0.3, -0.25) is 0 Å². The summed E-state index contributed by atoms with van der Waals surface area (Å²) in [6, 6.07) is 1.17. The number of nitrogens with two attached hydrogens (primary N) is 1. The van der Waals surface area contributed by atoms with Crippen LogP contribution in [0, 0.1) is 0 Å². The highest BCUT2D eigenvalue weighted by Crippen LogP contribution is 1.91. The summed E-state index contributed by atoms with van der Waals surface area (Å²) in [7, 11) is 0. The van der Waals surface area contributed by atoms with Crippen molar-refractivity contribution in [2.75, 3.05) is 0 Å². The fourth-order valence-electron chi connectivity index (χ4n) is 1.04. The smallest absolute Gasteiger partial charge is 0.0685 e. The average Bonchev–Trinajstić information content (AvgIpc) is 2.01. The Kier molecular flexibility index (Phi) is 11.0. The van der Waals surface area contributed by atoms with Gasteiger partial charge in [0.2, 0.25) is 0 Å². The first-order chi connectivity index (χ1) is 6.31. The Hall–Kier alpha value is -0.120. The number of hydrogen-bond acceptors (Lipinski definition) is 3. The van der Waals surface area contributed by atoms with Gasteiger partial charge in [0.25, 0.3) is 0 Å². The summed E-state index contributed by atoms with van der Waals surface area (Å²) >= 11 is 0. The van der Waals surface area contributed by atoms with Crippen LogP contribution in [-0.4, -0.2) is 29.3 Å². The summed E-state index contributed by atoms with van der Waals surface area (Å²) in [6.07, 6.45) is 0.428. The minimum Gasteiger partial charge on any atom is -0.392 e. The van der Waals surface area contributed by atoms with Gasteiger partial charge < -0.3 is 16.2 Å². The van der Waals surface area contributed by atoms with Crippen molar-refractivity contribution in [1.29, 1.82) is 0 Å². The standard InChI is InChI=1S/C6H15N.C5H13NO/c1-5(2)7-6(3)4;1-3-5(7)4(2)6/h5-7H,1-4H3;4-5,7H,3,6H2,1-2H3. The van der Waals surface area contributed by atoms with E-state index in [-0.39, 0.29) is 12.1 Å². The Bertz CT molecular complexity index is 108. The highest BCUT2D eigenvalue weighted by molar-refractivity contribution is 4.62. The van der Waals surface area contributed by atoms with Gasteiger partial charge in [-0.2, -0.15) is 0 Å². The Balaban J connectivity index is 0. The number of hydrogen-bond donors (Lipinski definition) is 3. The molecule has 0 spiro atoms. The topological polar surface area (TPSA) is 58.3 Å². The van der Waals surface area contributed by atoms with Crippen LogP contribution in [0.1, 0.15) is 48.0 Å². The second kappa shape index (κ2) is 9.44. The van der Waals surface area contributed by atoms with Crippen LogP contribution in [0.4, 0.5) is 0 Å². The van der Waals surface area contributed by atoms with Crippen LogP contribution in [0.2, 0.25) is 0 Å². The van der Waals surface area contributed by atoms with Crippen LogP contribution < -0.4 is 11.1 Å². The predicted molar refractivity (Wildman–Crippen MR) is 63.4 cm³/mol. The predicted octanol–water partition coefficient (Wildman–Crippen LogP) is 1.50. The molecule has 3 nitrogen and oxygen atoms in total. The molecule has 88 valence electrons. The molecule has 0 aliphatic carbocycles. The average molecular weight is 204 g/mol. The van der Waals surface area contributed by atoms with E-state index in [1.165, 1.54) is 0 Å². The van der Waals surface area contributed by atoms with Crippen molar-refractivity contribution < 1.29 is 5.11 Å². The number of rotatable bonds is 4. The SMILES string of the molecule is CC(C)NC(C)C.CCC(O)C(C)N. The van der Waals surface area contributed by atoms with Gasteiger partial charge in [0.15, 0.2) is 0 Å². The van der Waals surface area contributed by atoms with E-state index in [1.807, 2.05) is 6.92 Å². The van der Waals surface area contributed by atoms with Gasteiger partial charge in [-0.15, -0.1) is 0 Å². The van der Waals surface area contributed by atoms with Crippen LogP contribution in [0.5, 0.6) is 0 Å². The van der Waals surface area contributed by atoms with Crippen LogP contribution in [0.3, 0.4) is 0 Å². The zero-order chi connectivity index (χ0) is 11.7. The maximum atomic E-state index is 8.81. The van der Waals surface area contributed by atoms with Gasteiger partial charge in [-0.05, 0) is 13.3 Å². The summed E-state index contributed by atoms with van der Waals surface area (Å²) in [5.41, 5.74) is 5.30. The molecular formula is C11H28N2O. The second-order valence-electron chi connectivity index (χ2n) is 4.31. The minimum absolute atomic E-state index is 0.0787. The van der Waals surface area contributed by atoms with Crippen LogP contribution in [0.15, 0.2) is 0 Å². The summed E-state index contributed by atoms with van der Waals surface area (Å²) in [5.74, 6) is 0. The first-order valence-corrected chi connectivity index (χ1v) is 5.50. The van der Waals surface area contributed by atoms with Crippen molar-refractivity contribution >= 4 is 0 Å². The summed E-state index contributed by atoms with van der Waals surface area (Å²) in [4.78, 5) is 0. The highest BCUT2D eigenvalue weighted by atomic mass is 16.3. The molecule has 0 aliphatic rings. The first kappa shape index (κ1) is 16.3. The zero-order valence-electron chi connectivity index (χ0n) is 10.5. The molecule has 3 heteroatoms. The maximum Gasteiger partial charge on any atom is 0.0685 e. The third kappa shape index (κ3) is 14.4. The van der Waals surface area contributed by atoms with E-state index in [1.54, 1.807) is 6.92 Å². The summed E-state index contributed by atoms with van der Waals surface area (Å²) in [6.45, 7) is 12.3. The third-order valence-electron chi connectivity index (χ3n) is 1.69. The number of nitrogens with one attached hydrogen (secondary N) is 1. The zero-order valence-corrected chi connectivity index (χ0v) is 10.5. The molecule has 0 fully saturated rings. The second-order valence-corrected chi connectivity index (χ2v) is 4.31. The summed E-state index contributed by atoms with van der Waals surface area (Å²) < 4.78 is 0. The molecular weight excluding hydrogens is 176 g/mol. The van der Waals surface area contributed by atoms with Gasteiger partial charge in [-0.25, -0.2) is 0 Å². The van der Waals surface area contributed by atoms with Gasteiger partial charge in [0.05, 0.1) is 6.10 Å². The van der Waals surface area contributed by atoms with Crippen molar-refractivity contribution in [3.63, 3.8) is 0 Å². The number of aliphatic hydroxyl groups excluding tert-OH is 1. The maximum absolute atomic E-state index is 8.81. The molecule has 0 amide bonds. The summed E-state index contributed by atoms with van der Waals surface area (Å²) in [5, 5.41) is 12.1. The number of aliphatic hydroxyl groups is 1. The molecule has 0 bridgehead atoms. The van der Waals surface area contributed by atoms with Gasteiger partial charge in [0, 0.05) is 18.1 Å². The van der Waals surface area contributed by atoms with E-state index in [9.17, 15) is 0 Å². The molecule has 2 atom stereocenters. The first-order valence-electron chi connectivity index (χ1n) is 5.50. The Morgan fingerprint density at radius 3 is 1.43 bits per heavy atom. The van der Waals surface area contributed by atoms with Crippen molar-refractivity contribution in [2.45, 2.75) is 72.2 Å². The van der Waals surface area contributed by atoms with Crippen molar-refractivity contribution in [3.8, 4) is 0 Å². The molecule has 0 aromatic rings. The lowest BCUT2D eigenvalue weighted by Crippen LogP contribution is -2.30. The third-order valence-corrected chi connectivity index (χ3v) is 1.69. The molecule has 0 radical (unpaired) electrons. The lowest BCUT2D eigenvalue weighted by atomic mass is 10.1. The van der Waals surface area contributed by atoms with Crippen molar-refractivity contribution in [2.24, 2.45) is 5.73 Å². The normalized spacial score (nSPS) is 15.0. The largest absolute Gasteiger partial charge is 0.392 e. The lowest BCUT2D eigenvalue weighted by Gasteiger charge is -2.10. The molecule has 0 saturated heterocycles. The highest BCUT2D eigenvalue weighted by Gasteiger charge is 2.03. The van der Waals surface area contributed by atoms with E-state index in [0.29, 0.717) is 12.1 Å². The molecule has 0 rings (SSSR count). The van der Waals surface area contributed by atoms with Gasteiger partial charge in [0.1, 0.15) is 0 Å². The van der Waals surface area contributed by atoms with E-state index >= 15 is 0 Å². The molecule has 0 aromatic carbocycles. The Labute approximate surface area is 89.1 Å². The molecule has 0 heterocycles. The van der Waals surface area contributed by atoms with Crippen LogP contribution in [0.25, 0.3) is 0 Å². The molecule has 0 aliphatic heterocycles.